The molecule has 3 rings (SSSR count). The molecule has 0 bridgehead atoms. The first-order valence-electron chi connectivity index (χ1n) is 8.53. The molecule has 7 heteroatoms. The van der Waals surface area contributed by atoms with Gasteiger partial charge in [0.1, 0.15) is 11.5 Å². The van der Waals surface area contributed by atoms with Crippen molar-refractivity contribution in [2.24, 2.45) is 0 Å². The maximum atomic E-state index is 12.2. The molecule has 0 fully saturated rings. The van der Waals surface area contributed by atoms with E-state index in [1.54, 1.807) is 38.3 Å². The Bertz CT molecular complexity index is 906. The lowest BCUT2D eigenvalue weighted by Crippen LogP contribution is -2.36. The maximum Gasteiger partial charge on any atom is 0.261 e. The van der Waals surface area contributed by atoms with E-state index in [1.165, 1.54) is 0 Å². The number of aromatic nitrogens is 2. The fraction of sp³-hybridized carbons (Fsp3) is 0.250. The fourth-order valence-electron chi connectivity index (χ4n) is 2.39. The summed E-state index contributed by atoms with van der Waals surface area (Å²) in [5.74, 6) is 1.74. The van der Waals surface area contributed by atoms with Gasteiger partial charge in [0.15, 0.2) is 6.10 Å². The van der Waals surface area contributed by atoms with Crippen molar-refractivity contribution in [3.05, 3.63) is 60.0 Å². The third kappa shape index (κ3) is 4.84. The molecular weight excluding hydrogens is 346 g/mol. The zero-order valence-corrected chi connectivity index (χ0v) is 15.4. The maximum absolute atomic E-state index is 12.2. The van der Waals surface area contributed by atoms with E-state index >= 15 is 0 Å². The number of aryl methyl sites for hydroxylation is 1. The van der Waals surface area contributed by atoms with E-state index in [-0.39, 0.29) is 12.5 Å². The molecule has 0 aliphatic carbocycles. The van der Waals surface area contributed by atoms with Crippen LogP contribution < -0.4 is 14.8 Å². The number of carbonyl (C=O) groups excluding carboxylic acids is 1. The lowest BCUT2D eigenvalue weighted by Gasteiger charge is -2.14. The molecule has 1 aromatic heterocycles. The molecule has 0 saturated carbocycles. The van der Waals surface area contributed by atoms with Crippen LogP contribution in [0.1, 0.15) is 18.4 Å². The summed E-state index contributed by atoms with van der Waals surface area (Å²) in [6.45, 7) is 3.81. The van der Waals surface area contributed by atoms with Gasteiger partial charge < -0.3 is 19.3 Å². The smallest absolute Gasteiger partial charge is 0.261 e. The summed E-state index contributed by atoms with van der Waals surface area (Å²) in [7, 11) is 1.57. The second kappa shape index (κ2) is 8.35. The minimum Gasteiger partial charge on any atom is -0.497 e. The van der Waals surface area contributed by atoms with Crippen LogP contribution in [0, 0.1) is 6.92 Å². The predicted molar refractivity (Wildman–Crippen MR) is 99.4 cm³/mol. The van der Waals surface area contributed by atoms with Gasteiger partial charge in [-0.05, 0) is 26.0 Å². The largest absolute Gasteiger partial charge is 0.497 e. The third-order valence-electron chi connectivity index (χ3n) is 3.91. The molecule has 27 heavy (non-hydrogen) atoms. The Morgan fingerprint density at radius 3 is 2.67 bits per heavy atom. The second-order valence-corrected chi connectivity index (χ2v) is 6.03. The lowest BCUT2D eigenvalue weighted by molar-refractivity contribution is -0.127. The van der Waals surface area contributed by atoms with E-state index < -0.39 is 6.10 Å². The van der Waals surface area contributed by atoms with Crippen LogP contribution in [0.4, 0.5) is 0 Å². The molecule has 2 aromatic carbocycles. The highest BCUT2D eigenvalue weighted by Gasteiger charge is 2.16. The average molecular weight is 367 g/mol. The molecule has 0 saturated heterocycles. The molecule has 1 heterocycles. The predicted octanol–water partition coefficient (Wildman–Crippen LogP) is 3.14. The number of nitrogens with zero attached hydrogens (tertiary/aromatic N) is 2. The summed E-state index contributed by atoms with van der Waals surface area (Å²) < 4.78 is 16.0. The quantitative estimate of drug-likeness (QED) is 0.690. The van der Waals surface area contributed by atoms with Crippen molar-refractivity contribution in [2.75, 3.05) is 7.11 Å². The van der Waals surface area contributed by atoms with Crippen molar-refractivity contribution in [3.8, 4) is 22.9 Å². The van der Waals surface area contributed by atoms with Gasteiger partial charge >= 0.3 is 0 Å². The molecular formula is C20H21N3O4. The molecule has 0 aliphatic heterocycles. The summed E-state index contributed by atoms with van der Waals surface area (Å²) in [6, 6.07) is 14.9. The summed E-state index contributed by atoms with van der Waals surface area (Å²) in [5, 5.41) is 6.67. The monoisotopic (exact) mass is 367 g/mol. The molecule has 1 N–H and O–H groups in total. The van der Waals surface area contributed by atoms with Crippen LogP contribution in [-0.4, -0.2) is 29.3 Å². The number of hydrogen-bond donors (Lipinski definition) is 1. The van der Waals surface area contributed by atoms with Gasteiger partial charge in [-0.15, -0.1) is 0 Å². The van der Waals surface area contributed by atoms with Crippen molar-refractivity contribution in [3.63, 3.8) is 0 Å². The zero-order chi connectivity index (χ0) is 19.2. The lowest BCUT2D eigenvalue weighted by atomic mass is 10.1. The van der Waals surface area contributed by atoms with E-state index in [9.17, 15) is 4.79 Å². The zero-order valence-electron chi connectivity index (χ0n) is 15.4. The van der Waals surface area contributed by atoms with E-state index in [0.29, 0.717) is 23.2 Å². The summed E-state index contributed by atoms with van der Waals surface area (Å²) in [5.41, 5.74) is 2.01. The molecule has 0 unspecified atom stereocenters. The highest BCUT2D eigenvalue weighted by molar-refractivity contribution is 5.80. The Hall–Kier alpha value is -3.35. The molecule has 3 aromatic rings. The normalized spacial score (nSPS) is 11.7. The molecule has 1 amide bonds. The Morgan fingerprint density at radius 2 is 1.93 bits per heavy atom. The van der Waals surface area contributed by atoms with Crippen molar-refractivity contribution in [1.82, 2.24) is 15.5 Å². The van der Waals surface area contributed by atoms with Crippen LogP contribution in [0.15, 0.2) is 53.1 Å². The molecule has 0 radical (unpaired) electrons. The van der Waals surface area contributed by atoms with Crippen LogP contribution >= 0.6 is 0 Å². The SMILES string of the molecule is COc1cccc(O[C@@H](C)C(=O)NCc2nc(-c3ccc(C)cc3)no2)c1. The van der Waals surface area contributed by atoms with Gasteiger partial charge in [-0.3, -0.25) is 4.79 Å². The van der Waals surface area contributed by atoms with Crippen LogP contribution in [0.25, 0.3) is 11.4 Å². The van der Waals surface area contributed by atoms with Crippen molar-refractivity contribution in [1.29, 1.82) is 0 Å². The van der Waals surface area contributed by atoms with Gasteiger partial charge in [-0.2, -0.15) is 4.98 Å². The van der Waals surface area contributed by atoms with E-state index in [1.807, 2.05) is 31.2 Å². The molecule has 0 spiro atoms. The van der Waals surface area contributed by atoms with Gasteiger partial charge in [-0.1, -0.05) is 41.1 Å². The number of nitrogens with one attached hydrogen (secondary N) is 1. The van der Waals surface area contributed by atoms with E-state index in [0.717, 1.165) is 11.1 Å². The number of carbonyl (C=O) groups is 1. The highest BCUT2D eigenvalue weighted by Crippen LogP contribution is 2.20. The van der Waals surface area contributed by atoms with Crippen molar-refractivity contribution in [2.45, 2.75) is 26.5 Å². The number of amides is 1. The first-order valence-corrected chi connectivity index (χ1v) is 8.53. The Balaban J connectivity index is 1.54. The number of hydrogen-bond acceptors (Lipinski definition) is 6. The Labute approximate surface area is 157 Å². The molecule has 7 nitrogen and oxygen atoms in total. The first-order chi connectivity index (χ1) is 13.0. The topological polar surface area (TPSA) is 86.5 Å². The van der Waals surface area contributed by atoms with Gasteiger partial charge in [0.25, 0.3) is 5.91 Å². The minimum atomic E-state index is -0.684. The van der Waals surface area contributed by atoms with Gasteiger partial charge in [0.05, 0.1) is 13.7 Å². The third-order valence-corrected chi connectivity index (χ3v) is 3.91. The van der Waals surface area contributed by atoms with Gasteiger partial charge in [0, 0.05) is 11.6 Å². The Kier molecular flexibility index (Phi) is 5.71. The highest BCUT2D eigenvalue weighted by atomic mass is 16.5. The van der Waals surface area contributed by atoms with Crippen LogP contribution in [0.2, 0.25) is 0 Å². The number of benzene rings is 2. The van der Waals surface area contributed by atoms with Crippen LogP contribution in [0.5, 0.6) is 11.5 Å². The van der Waals surface area contributed by atoms with Crippen molar-refractivity contribution < 1.29 is 18.8 Å². The summed E-state index contributed by atoms with van der Waals surface area (Å²) in [4.78, 5) is 16.5. The number of rotatable bonds is 7. The average Bonchev–Trinajstić information content (AvgIpc) is 3.15. The number of ether oxygens (including phenoxy) is 2. The Morgan fingerprint density at radius 1 is 1.19 bits per heavy atom. The van der Waals surface area contributed by atoms with Gasteiger partial charge in [0.2, 0.25) is 11.7 Å². The summed E-state index contributed by atoms with van der Waals surface area (Å²) in [6.07, 6.45) is -0.684. The van der Waals surface area contributed by atoms with Crippen LogP contribution in [-0.2, 0) is 11.3 Å². The number of methoxy groups -OCH3 is 1. The minimum absolute atomic E-state index is 0.128. The van der Waals surface area contributed by atoms with Crippen molar-refractivity contribution >= 4 is 5.91 Å². The molecule has 1 atom stereocenters. The fourth-order valence-corrected chi connectivity index (χ4v) is 2.39. The van der Waals surface area contributed by atoms with E-state index in [4.69, 9.17) is 14.0 Å². The van der Waals surface area contributed by atoms with Crippen LogP contribution in [0.3, 0.4) is 0 Å². The standard InChI is InChI=1S/C20H21N3O4/c1-13-7-9-15(10-8-13)19-22-18(27-23-19)12-21-20(24)14(2)26-17-6-4-5-16(11-17)25-3/h4-11,14H,12H2,1-3H3,(H,21,24)/t14-/m0/s1. The molecule has 0 aliphatic rings. The second-order valence-electron chi connectivity index (χ2n) is 6.03. The van der Waals surface area contributed by atoms with Gasteiger partial charge in [-0.25, -0.2) is 0 Å². The molecule has 140 valence electrons. The van der Waals surface area contributed by atoms with E-state index in [2.05, 4.69) is 15.5 Å². The first kappa shape index (κ1) is 18.4. The summed E-state index contributed by atoms with van der Waals surface area (Å²) >= 11 is 0.